The predicted octanol–water partition coefficient (Wildman–Crippen LogP) is 5.24. The number of amides is 1. The largest absolute Gasteiger partial charge is 0.507 e. The van der Waals surface area contributed by atoms with Crippen molar-refractivity contribution in [3.8, 4) is 17.2 Å². The van der Waals surface area contributed by atoms with Gasteiger partial charge in [0.25, 0.3) is 5.91 Å². The Labute approximate surface area is 228 Å². The first-order valence-electron chi connectivity index (χ1n) is 12.8. The molecule has 1 aromatic heterocycles. The molecule has 7 nitrogen and oxygen atoms in total. The average Bonchev–Trinajstić information content (AvgIpc) is 3.44. The molecule has 4 rings (SSSR count). The third kappa shape index (κ3) is 7.66. The quantitative estimate of drug-likeness (QED) is 0.147. The third-order valence-corrected chi connectivity index (χ3v) is 6.46. The summed E-state index contributed by atoms with van der Waals surface area (Å²) in [7, 11) is 0. The highest BCUT2D eigenvalue weighted by Gasteiger charge is 2.15. The molecule has 0 spiro atoms. The van der Waals surface area contributed by atoms with E-state index in [0.717, 1.165) is 25.8 Å². The molecular formula is C30H32N4O3S. The Balaban J connectivity index is 1.12. The van der Waals surface area contributed by atoms with Crippen molar-refractivity contribution in [2.24, 2.45) is 0 Å². The van der Waals surface area contributed by atoms with Gasteiger partial charge >= 0.3 is 0 Å². The zero-order chi connectivity index (χ0) is 26.6. The number of para-hydroxylation sites is 1. The van der Waals surface area contributed by atoms with Crippen LogP contribution in [-0.2, 0) is 0 Å². The van der Waals surface area contributed by atoms with E-state index in [0.29, 0.717) is 29.7 Å². The molecule has 0 unspecified atom stereocenters. The van der Waals surface area contributed by atoms with Crippen LogP contribution in [-0.4, -0.2) is 40.7 Å². The molecule has 1 amide bonds. The van der Waals surface area contributed by atoms with E-state index in [1.54, 1.807) is 24.3 Å². The van der Waals surface area contributed by atoms with Crippen LogP contribution in [0.3, 0.4) is 0 Å². The fraction of sp³-hybridized carbons (Fsp3) is 0.233. The number of nitrogens with one attached hydrogen (secondary N) is 3. The summed E-state index contributed by atoms with van der Waals surface area (Å²) in [5.74, 6) is 0.244. The third-order valence-electron chi connectivity index (χ3n) is 6.17. The molecule has 4 N–H and O–H groups in total. The van der Waals surface area contributed by atoms with Crippen molar-refractivity contribution in [3.63, 3.8) is 0 Å². The Kier molecular flexibility index (Phi) is 9.87. The van der Waals surface area contributed by atoms with Gasteiger partial charge in [-0.15, -0.1) is 0 Å². The van der Waals surface area contributed by atoms with E-state index in [1.807, 2.05) is 12.1 Å². The van der Waals surface area contributed by atoms with Crippen LogP contribution in [0.15, 0.2) is 95.6 Å². The van der Waals surface area contributed by atoms with Gasteiger partial charge in [-0.3, -0.25) is 4.79 Å². The van der Waals surface area contributed by atoms with Crippen LogP contribution >= 0.6 is 12.2 Å². The number of nitrogens with zero attached hydrogens (tertiary/aromatic N) is 1. The molecule has 0 atom stereocenters. The number of oxazole rings is 1. The Hall–Kier alpha value is -4.17. The number of phenols is 1. The molecule has 0 aliphatic rings. The standard InChI is InChI=1S/C30H32N4O3S/c35-27-16-8-7-15-25(27)29-34-26(21-37-29)28(36)31-18-9-10-19-32-30(38)33-20-17-24(22-11-3-1-4-12-22)23-13-5-2-6-14-23/h1-8,11-16,21,24,35H,9-10,17-20H2,(H,31,36)(H2,32,33,38). The molecule has 0 saturated heterocycles. The molecule has 1 heterocycles. The van der Waals surface area contributed by atoms with Crippen molar-refractivity contribution in [3.05, 3.63) is 108 Å². The molecule has 0 saturated carbocycles. The van der Waals surface area contributed by atoms with Crippen LogP contribution in [0.2, 0.25) is 0 Å². The lowest BCUT2D eigenvalue weighted by Crippen LogP contribution is -2.37. The van der Waals surface area contributed by atoms with Crippen LogP contribution < -0.4 is 16.0 Å². The minimum absolute atomic E-state index is 0.0495. The van der Waals surface area contributed by atoms with E-state index in [9.17, 15) is 9.90 Å². The number of carbonyl (C=O) groups excluding carboxylic acids is 1. The first kappa shape index (κ1) is 26.9. The molecule has 0 aliphatic heterocycles. The summed E-state index contributed by atoms with van der Waals surface area (Å²) in [5, 5.41) is 20.0. The highest BCUT2D eigenvalue weighted by molar-refractivity contribution is 7.80. The Morgan fingerprint density at radius 2 is 1.39 bits per heavy atom. The Morgan fingerprint density at radius 1 is 0.816 bits per heavy atom. The monoisotopic (exact) mass is 528 g/mol. The summed E-state index contributed by atoms with van der Waals surface area (Å²) in [6.07, 6.45) is 3.86. The molecule has 0 bridgehead atoms. The summed E-state index contributed by atoms with van der Waals surface area (Å²) in [6, 6.07) is 27.8. The second kappa shape index (κ2) is 13.9. The normalized spacial score (nSPS) is 10.8. The minimum atomic E-state index is -0.313. The topological polar surface area (TPSA) is 99.4 Å². The number of carbonyl (C=O) groups is 1. The van der Waals surface area contributed by atoms with Gasteiger partial charge in [-0.1, -0.05) is 72.8 Å². The zero-order valence-corrected chi connectivity index (χ0v) is 21.9. The molecule has 3 aromatic carbocycles. The van der Waals surface area contributed by atoms with Crippen molar-refractivity contribution in [2.75, 3.05) is 19.6 Å². The van der Waals surface area contributed by atoms with Gasteiger partial charge in [0.05, 0.1) is 5.56 Å². The number of benzene rings is 3. The van der Waals surface area contributed by atoms with Gasteiger partial charge in [0.15, 0.2) is 10.8 Å². The fourth-order valence-corrected chi connectivity index (χ4v) is 4.39. The van der Waals surface area contributed by atoms with E-state index < -0.39 is 0 Å². The van der Waals surface area contributed by atoms with Crippen LogP contribution in [0.5, 0.6) is 5.75 Å². The maximum atomic E-state index is 12.4. The summed E-state index contributed by atoms with van der Waals surface area (Å²) in [5.41, 5.74) is 3.21. The molecule has 38 heavy (non-hydrogen) atoms. The highest BCUT2D eigenvalue weighted by Crippen LogP contribution is 2.28. The van der Waals surface area contributed by atoms with Crippen LogP contribution in [0, 0.1) is 0 Å². The first-order chi connectivity index (χ1) is 18.6. The van der Waals surface area contributed by atoms with Crippen molar-refractivity contribution < 1.29 is 14.3 Å². The summed E-state index contributed by atoms with van der Waals surface area (Å²) >= 11 is 5.45. The summed E-state index contributed by atoms with van der Waals surface area (Å²) in [6.45, 7) is 1.98. The first-order valence-corrected chi connectivity index (χ1v) is 13.2. The van der Waals surface area contributed by atoms with Gasteiger partial charge in [0.1, 0.15) is 12.0 Å². The number of hydrogen-bond donors (Lipinski definition) is 4. The van der Waals surface area contributed by atoms with Crippen molar-refractivity contribution in [2.45, 2.75) is 25.2 Å². The highest BCUT2D eigenvalue weighted by atomic mass is 32.1. The molecule has 0 aliphatic carbocycles. The second-order valence-corrected chi connectivity index (χ2v) is 9.27. The van der Waals surface area contributed by atoms with Gasteiger partial charge in [-0.05, 0) is 54.7 Å². The van der Waals surface area contributed by atoms with Gasteiger partial charge in [-0.2, -0.15) is 0 Å². The minimum Gasteiger partial charge on any atom is -0.507 e. The molecule has 0 radical (unpaired) electrons. The molecule has 4 aromatic rings. The van der Waals surface area contributed by atoms with E-state index in [2.05, 4.69) is 69.5 Å². The number of aromatic nitrogens is 1. The number of rotatable bonds is 12. The van der Waals surface area contributed by atoms with E-state index in [-0.39, 0.29) is 23.2 Å². The van der Waals surface area contributed by atoms with Gasteiger partial charge in [0.2, 0.25) is 5.89 Å². The molecular weight excluding hydrogens is 496 g/mol. The van der Waals surface area contributed by atoms with Crippen molar-refractivity contribution in [1.29, 1.82) is 0 Å². The zero-order valence-electron chi connectivity index (χ0n) is 21.1. The van der Waals surface area contributed by atoms with Crippen molar-refractivity contribution in [1.82, 2.24) is 20.9 Å². The number of thiocarbonyl (C=S) groups is 1. The molecule has 196 valence electrons. The van der Waals surface area contributed by atoms with E-state index in [4.69, 9.17) is 16.6 Å². The lowest BCUT2D eigenvalue weighted by Gasteiger charge is -2.19. The lowest BCUT2D eigenvalue weighted by molar-refractivity contribution is 0.0948. The predicted molar refractivity (Wildman–Crippen MR) is 153 cm³/mol. The van der Waals surface area contributed by atoms with Crippen LogP contribution in [0.1, 0.15) is 46.8 Å². The average molecular weight is 529 g/mol. The Bertz CT molecular complexity index is 1270. The maximum absolute atomic E-state index is 12.4. The van der Waals surface area contributed by atoms with Gasteiger partial charge in [-0.25, -0.2) is 4.98 Å². The molecule has 0 fully saturated rings. The fourth-order valence-electron chi connectivity index (χ4n) is 4.19. The number of unbranched alkanes of at least 4 members (excludes halogenated alkanes) is 1. The number of phenolic OH excluding ortho intramolecular Hbond substituents is 1. The number of aromatic hydroxyl groups is 1. The second-order valence-electron chi connectivity index (χ2n) is 8.86. The van der Waals surface area contributed by atoms with E-state index in [1.165, 1.54) is 17.4 Å². The SMILES string of the molecule is O=C(NCCCCNC(=S)NCCC(c1ccccc1)c1ccccc1)c1coc(-c2ccccc2O)n1. The Morgan fingerprint density at radius 3 is 2.05 bits per heavy atom. The summed E-state index contributed by atoms with van der Waals surface area (Å²) < 4.78 is 5.36. The van der Waals surface area contributed by atoms with E-state index >= 15 is 0 Å². The van der Waals surface area contributed by atoms with Crippen LogP contribution in [0.25, 0.3) is 11.5 Å². The van der Waals surface area contributed by atoms with Crippen LogP contribution in [0.4, 0.5) is 0 Å². The molecule has 8 heteroatoms. The number of hydrogen-bond acceptors (Lipinski definition) is 5. The smallest absolute Gasteiger partial charge is 0.273 e. The maximum Gasteiger partial charge on any atom is 0.273 e. The van der Waals surface area contributed by atoms with Gasteiger partial charge in [0, 0.05) is 25.6 Å². The lowest BCUT2D eigenvalue weighted by atomic mass is 9.88. The van der Waals surface area contributed by atoms with Gasteiger partial charge < -0.3 is 25.5 Å². The summed E-state index contributed by atoms with van der Waals surface area (Å²) in [4.78, 5) is 16.5. The van der Waals surface area contributed by atoms with Crippen molar-refractivity contribution >= 4 is 23.2 Å².